The zero-order chi connectivity index (χ0) is 15.7. The lowest BCUT2D eigenvalue weighted by Gasteiger charge is -2.34. The molecule has 1 aliphatic heterocycles. The van der Waals surface area contributed by atoms with E-state index in [0.717, 1.165) is 55.3 Å². The molecule has 0 radical (unpaired) electrons. The minimum atomic E-state index is 0.210. The van der Waals surface area contributed by atoms with Crippen LogP contribution in [0.25, 0.3) is 5.65 Å². The van der Waals surface area contributed by atoms with Gasteiger partial charge in [0.15, 0.2) is 0 Å². The number of carbonyl (C=O) groups excluding carboxylic acids is 1. The number of piperazine rings is 1. The van der Waals surface area contributed by atoms with Gasteiger partial charge in [-0.2, -0.15) is 0 Å². The van der Waals surface area contributed by atoms with Crippen LogP contribution in [0.4, 0.5) is 0 Å². The number of likely N-dealkylation sites (N-methyl/N-ethyl adjacent to an activating group) is 1. The smallest absolute Gasteiger partial charge is 0.228 e. The molecule has 5 nitrogen and oxygen atoms in total. The lowest BCUT2D eigenvalue weighted by Crippen LogP contribution is -2.49. The molecule has 0 unspecified atom stereocenters. The van der Waals surface area contributed by atoms with Gasteiger partial charge in [-0.15, -0.1) is 0 Å². The van der Waals surface area contributed by atoms with Crippen molar-refractivity contribution in [2.45, 2.75) is 27.2 Å². The van der Waals surface area contributed by atoms with E-state index in [1.54, 1.807) is 0 Å². The van der Waals surface area contributed by atoms with E-state index in [4.69, 9.17) is 0 Å². The summed E-state index contributed by atoms with van der Waals surface area (Å²) in [6.45, 7) is 10.9. The fraction of sp³-hybridized carbons (Fsp3) is 0.529. The van der Waals surface area contributed by atoms with Gasteiger partial charge >= 0.3 is 0 Å². The summed E-state index contributed by atoms with van der Waals surface area (Å²) in [5.74, 6) is 0.210. The second-order valence-electron chi connectivity index (χ2n) is 6.02. The van der Waals surface area contributed by atoms with Gasteiger partial charge in [-0.3, -0.25) is 4.79 Å². The van der Waals surface area contributed by atoms with Crippen molar-refractivity contribution in [2.75, 3.05) is 32.7 Å². The number of nitrogens with zero attached hydrogens (tertiary/aromatic N) is 4. The van der Waals surface area contributed by atoms with Crippen LogP contribution < -0.4 is 0 Å². The average molecular weight is 300 g/mol. The molecule has 5 heteroatoms. The van der Waals surface area contributed by atoms with Crippen LogP contribution in [0.3, 0.4) is 0 Å². The van der Waals surface area contributed by atoms with Crippen molar-refractivity contribution < 1.29 is 4.79 Å². The van der Waals surface area contributed by atoms with E-state index in [1.807, 2.05) is 24.1 Å². The molecule has 0 aliphatic carbocycles. The standard InChI is InChI=1S/C17H24N4O/c1-4-19-8-10-20(11-9-19)16(22)12-15-14(3)18-17-13(2)6-5-7-21(15)17/h5-7H,4,8-12H2,1-3H3. The van der Waals surface area contributed by atoms with Crippen LogP contribution in [-0.4, -0.2) is 57.8 Å². The Morgan fingerprint density at radius 2 is 1.95 bits per heavy atom. The van der Waals surface area contributed by atoms with Gasteiger partial charge in [0.2, 0.25) is 5.91 Å². The summed E-state index contributed by atoms with van der Waals surface area (Å²) in [6.07, 6.45) is 2.43. The Labute approximate surface area is 131 Å². The van der Waals surface area contributed by atoms with Crippen molar-refractivity contribution in [3.63, 3.8) is 0 Å². The van der Waals surface area contributed by atoms with Gasteiger partial charge in [0, 0.05) is 32.4 Å². The van der Waals surface area contributed by atoms with E-state index in [9.17, 15) is 4.79 Å². The number of hydrogen-bond acceptors (Lipinski definition) is 3. The molecule has 0 spiro atoms. The summed E-state index contributed by atoms with van der Waals surface area (Å²) >= 11 is 0. The van der Waals surface area contributed by atoms with Gasteiger partial charge in [0.05, 0.1) is 17.8 Å². The van der Waals surface area contributed by atoms with Crippen molar-refractivity contribution in [1.82, 2.24) is 19.2 Å². The molecule has 3 rings (SSSR count). The molecule has 1 amide bonds. The van der Waals surface area contributed by atoms with Gasteiger partial charge in [0.1, 0.15) is 5.65 Å². The van der Waals surface area contributed by atoms with Crippen LogP contribution in [0.5, 0.6) is 0 Å². The number of imidazole rings is 1. The van der Waals surface area contributed by atoms with E-state index >= 15 is 0 Å². The van der Waals surface area contributed by atoms with Crippen molar-refractivity contribution in [2.24, 2.45) is 0 Å². The Kier molecular flexibility index (Phi) is 4.16. The molecule has 2 aromatic rings. The van der Waals surface area contributed by atoms with Crippen molar-refractivity contribution >= 4 is 11.6 Å². The number of rotatable bonds is 3. The Morgan fingerprint density at radius 3 is 2.64 bits per heavy atom. The highest BCUT2D eigenvalue weighted by molar-refractivity contribution is 5.79. The lowest BCUT2D eigenvalue weighted by atomic mass is 10.2. The molecule has 3 heterocycles. The zero-order valence-corrected chi connectivity index (χ0v) is 13.7. The van der Waals surface area contributed by atoms with Gasteiger partial charge in [0.25, 0.3) is 0 Å². The molecule has 0 atom stereocenters. The van der Waals surface area contributed by atoms with Gasteiger partial charge < -0.3 is 14.2 Å². The number of aromatic nitrogens is 2. The molecule has 22 heavy (non-hydrogen) atoms. The maximum Gasteiger partial charge on any atom is 0.228 e. The van der Waals surface area contributed by atoms with E-state index in [1.165, 1.54) is 0 Å². The van der Waals surface area contributed by atoms with Gasteiger partial charge in [-0.1, -0.05) is 13.0 Å². The average Bonchev–Trinajstić information content (AvgIpc) is 2.85. The van der Waals surface area contributed by atoms with Crippen LogP contribution in [0.15, 0.2) is 18.3 Å². The number of amides is 1. The molecule has 2 aromatic heterocycles. The van der Waals surface area contributed by atoms with E-state index in [2.05, 4.69) is 34.2 Å². The van der Waals surface area contributed by atoms with Crippen molar-refractivity contribution in [1.29, 1.82) is 0 Å². The zero-order valence-electron chi connectivity index (χ0n) is 13.7. The first-order valence-electron chi connectivity index (χ1n) is 8.03. The maximum absolute atomic E-state index is 12.6. The summed E-state index contributed by atoms with van der Waals surface area (Å²) < 4.78 is 2.06. The molecule has 0 bridgehead atoms. The van der Waals surface area contributed by atoms with Crippen LogP contribution in [0, 0.1) is 13.8 Å². The molecule has 1 aliphatic rings. The first-order chi connectivity index (χ1) is 10.6. The first-order valence-corrected chi connectivity index (χ1v) is 8.03. The van der Waals surface area contributed by atoms with Gasteiger partial charge in [-0.25, -0.2) is 4.98 Å². The van der Waals surface area contributed by atoms with E-state index in [0.29, 0.717) is 6.42 Å². The normalized spacial score (nSPS) is 16.4. The number of pyridine rings is 1. The third kappa shape index (κ3) is 2.73. The van der Waals surface area contributed by atoms with Crippen LogP contribution in [0.1, 0.15) is 23.9 Å². The molecular formula is C17H24N4O. The second-order valence-corrected chi connectivity index (χ2v) is 6.02. The third-order valence-corrected chi connectivity index (χ3v) is 4.64. The summed E-state index contributed by atoms with van der Waals surface area (Å²) in [6, 6.07) is 4.06. The molecule has 1 fully saturated rings. The predicted molar refractivity (Wildman–Crippen MR) is 87.1 cm³/mol. The monoisotopic (exact) mass is 300 g/mol. The summed E-state index contributed by atoms with van der Waals surface area (Å²) in [4.78, 5) is 21.6. The number of fused-ring (bicyclic) bond motifs is 1. The van der Waals surface area contributed by atoms with Crippen LogP contribution >= 0.6 is 0 Å². The fourth-order valence-corrected chi connectivity index (χ4v) is 3.15. The van der Waals surface area contributed by atoms with Crippen LogP contribution in [-0.2, 0) is 11.2 Å². The first kappa shape index (κ1) is 15.0. The fourth-order valence-electron chi connectivity index (χ4n) is 3.15. The minimum Gasteiger partial charge on any atom is -0.340 e. The summed E-state index contributed by atoms with van der Waals surface area (Å²) in [5, 5.41) is 0. The lowest BCUT2D eigenvalue weighted by molar-refractivity contribution is -0.132. The molecule has 0 N–H and O–H groups in total. The molecule has 0 aromatic carbocycles. The Hall–Kier alpha value is -1.88. The molecule has 1 saturated heterocycles. The number of carbonyl (C=O) groups is 1. The molecular weight excluding hydrogens is 276 g/mol. The minimum absolute atomic E-state index is 0.210. The second kappa shape index (κ2) is 6.08. The number of hydrogen-bond donors (Lipinski definition) is 0. The quantitative estimate of drug-likeness (QED) is 0.865. The van der Waals surface area contributed by atoms with E-state index < -0.39 is 0 Å². The summed E-state index contributed by atoms with van der Waals surface area (Å²) in [5.41, 5.74) is 4.07. The highest BCUT2D eigenvalue weighted by Crippen LogP contribution is 2.17. The highest BCUT2D eigenvalue weighted by atomic mass is 16.2. The Balaban J connectivity index is 1.77. The topological polar surface area (TPSA) is 40.8 Å². The molecule has 0 saturated carbocycles. The SMILES string of the molecule is CCN1CCN(C(=O)Cc2c(C)nc3c(C)cccn23)CC1. The van der Waals surface area contributed by atoms with Crippen molar-refractivity contribution in [3.05, 3.63) is 35.3 Å². The van der Waals surface area contributed by atoms with E-state index in [-0.39, 0.29) is 5.91 Å². The maximum atomic E-state index is 12.6. The highest BCUT2D eigenvalue weighted by Gasteiger charge is 2.22. The van der Waals surface area contributed by atoms with Crippen LogP contribution in [0.2, 0.25) is 0 Å². The number of aryl methyl sites for hydroxylation is 2. The Bertz CT molecular complexity index is 683. The van der Waals surface area contributed by atoms with Crippen molar-refractivity contribution in [3.8, 4) is 0 Å². The summed E-state index contributed by atoms with van der Waals surface area (Å²) in [7, 11) is 0. The largest absolute Gasteiger partial charge is 0.340 e. The predicted octanol–water partition coefficient (Wildman–Crippen LogP) is 1.66. The molecule has 118 valence electrons. The Morgan fingerprint density at radius 1 is 1.23 bits per heavy atom. The van der Waals surface area contributed by atoms with Gasteiger partial charge in [-0.05, 0) is 32.0 Å². The third-order valence-electron chi connectivity index (χ3n) is 4.64.